The lowest BCUT2D eigenvalue weighted by Gasteiger charge is -2.23. The van der Waals surface area contributed by atoms with Crippen molar-refractivity contribution in [3.63, 3.8) is 0 Å². The molecule has 0 amide bonds. The van der Waals surface area contributed by atoms with Gasteiger partial charge in [-0.05, 0) is 51.2 Å². The summed E-state index contributed by atoms with van der Waals surface area (Å²) in [7, 11) is 2.16. The molecule has 1 aliphatic rings. The molecular formula is C17H30N2. The molecule has 0 bridgehead atoms. The zero-order valence-corrected chi connectivity index (χ0v) is 13.1. The molecule has 1 atom stereocenters. The first-order valence-corrected chi connectivity index (χ1v) is 7.94. The van der Waals surface area contributed by atoms with Crippen LogP contribution in [0, 0.1) is 19.8 Å². The Labute approximate surface area is 118 Å². The van der Waals surface area contributed by atoms with E-state index in [0.717, 1.165) is 12.5 Å². The summed E-state index contributed by atoms with van der Waals surface area (Å²) in [5.74, 6) is 0.882. The van der Waals surface area contributed by atoms with E-state index in [-0.39, 0.29) is 0 Å². The molecule has 1 aromatic rings. The number of aromatic nitrogens is 1. The summed E-state index contributed by atoms with van der Waals surface area (Å²) in [5, 5.41) is 3.76. The summed E-state index contributed by atoms with van der Waals surface area (Å²) in [4.78, 5) is 0. The topological polar surface area (TPSA) is 17.0 Å². The first kappa shape index (κ1) is 14.6. The Morgan fingerprint density at radius 1 is 1.21 bits per heavy atom. The van der Waals surface area contributed by atoms with Crippen LogP contribution in [0.4, 0.5) is 0 Å². The molecule has 2 rings (SSSR count). The zero-order valence-electron chi connectivity index (χ0n) is 13.1. The maximum Gasteiger partial charge on any atom is 0.0225 e. The minimum Gasteiger partial charge on any atom is -0.352 e. The van der Waals surface area contributed by atoms with Gasteiger partial charge in [0.1, 0.15) is 0 Å². The largest absolute Gasteiger partial charge is 0.352 e. The van der Waals surface area contributed by atoms with E-state index >= 15 is 0 Å². The van der Waals surface area contributed by atoms with Crippen LogP contribution in [-0.4, -0.2) is 10.6 Å². The lowest BCUT2D eigenvalue weighted by atomic mass is 9.93. The third-order valence-electron chi connectivity index (χ3n) is 5.10. The maximum atomic E-state index is 3.76. The van der Waals surface area contributed by atoms with E-state index in [4.69, 9.17) is 0 Å². The summed E-state index contributed by atoms with van der Waals surface area (Å²) >= 11 is 0. The Hall–Kier alpha value is -0.760. The van der Waals surface area contributed by atoms with Gasteiger partial charge in [-0.3, -0.25) is 0 Å². The van der Waals surface area contributed by atoms with E-state index in [1.807, 2.05) is 0 Å². The fourth-order valence-corrected chi connectivity index (χ4v) is 3.36. The summed E-state index contributed by atoms with van der Waals surface area (Å²) in [6.45, 7) is 7.80. The highest BCUT2D eigenvalue weighted by atomic mass is 15.0. The lowest BCUT2D eigenvalue weighted by Crippen LogP contribution is -2.33. The monoisotopic (exact) mass is 262 g/mol. The van der Waals surface area contributed by atoms with Crippen LogP contribution >= 0.6 is 0 Å². The molecular weight excluding hydrogens is 232 g/mol. The molecule has 1 aliphatic carbocycles. The highest BCUT2D eigenvalue weighted by molar-refractivity contribution is 5.26. The number of nitrogens with one attached hydrogen (secondary N) is 1. The van der Waals surface area contributed by atoms with E-state index in [2.05, 4.69) is 43.8 Å². The van der Waals surface area contributed by atoms with E-state index in [9.17, 15) is 0 Å². The van der Waals surface area contributed by atoms with E-state index in [0.29, 0.717) is 6.04 Å². The number of aryl methyl sites for hydroxylation is 1. The van der Waals surface area contributed by atoms with Gasteiger partial charge in [-0.15, -0.1) is 0 Å². The Morgan fingerprint density at radius 3 is 2.37 bits per heavy atom. The third-order valence-corrected chi connectivity index (χ3v) is 5.10. The Kier molecular flexibility index (Phi) is 5.09. The smallest absolute Gasteiger partial charge is 0.0225 e. The van der Waals surface area contributed by atoms with E-state index in [1.54, 1.807) is 0 Å². The van der Waals surface area contributed by atoms with Crippen LogP contribution < -0.4 is 5.32 Å². The standard InChI is InChI=1S/C17H30N2/c1-13-11-17(15(3)19(13)4)12-18-14(2)16-9-7-5-6-8-10-16/h11,14,16,18H,5-10,12H2,1-4H3/t14-/m0/s1. The molecule has 0 spiro atoms. The highest BCUT2D eigenvalue weighted by Gasteiger charge is 2.19. The lowest BCUT2D eigenvalue weighted by molar-refractivity contribution is 0.336. The van der Waals surface area contributed by atoms with E-state index in [1.165, 1.54) is 55.5 Å². The van der Waals surface area contributed by atoms with Gasteiger partial charge in [-0.1, -0.05) is 25.7 Å². The molecule has 19 heavy (non-hydrogen) atoms. The first-order valence-electron chi connectivity index (χ1n) is 7.94. The van der Waals surface area contributed by atoms with Crippen molar-refractivity contribution in [2.75, 3.05) is 0 Å². The Bertz CT molecular complexity index is 398. The molecule has 1 saturated carbocycles. The van der Waals surface area contributed by atoms with Gasteiger partial charge in [-0.25, -0.2) is 0 Å². The third kappa shape index (κ3) is 3.62. The highest BCUT2D eigenvalue weighted by Crippen LogP contribution is 2.25. The molecule has 1 fully saturated rings. The van der Waals surface area contributed by atoms with E-state index < -0.39 is 0 Å². The van der Waals surface area contributed by atoms with Crippen molar-refractivity contribution in [1.29, 1.82) is 0 Å². The molecule has 2 nitrogen and oxygen atoms in total. The molecule has 1 N–H and O–H groups in total. The van der Waals surface area contributed by atoms with Crippen molar-refractivity contribution in [1.82, 2.24) is 9.88 Å². The molecule has 1 heterocycles. The second-order valence-corrected chi connectivity index (χ2v) is 6.38. The Morgan fingerprint density at radius 2 is 1.84 bits per heavy atom. The van der Waals surface area contributed by atoms with Crippen LogP contribution in [0.25, 0.3) is 0 Å². The average Bonchev–Trinajstić information content (AvgIpc) is 2.65. The van der Waals surface area contributed by atoms with Gasteiger partial charge in [0.25, 0.3) is 0 Å². The van der Waals surface area contributed by atoms with Gasteiger partial charge < -0.3 is 9.88 Å². The van der Waals surface area contributed by atoms with Crippen molar-refractivity contribution in [3.05, 3.63) is 23.0 Å². The molecule has 0 aromatic carbocycles. The van der Waals surface area contributed by atoms with Crippen LogP contribution in [0.3, 0.4) is 0 Å². The van der Waals surface area contributed by atoms with Gasteiger partial charge in [-0.2, -0.15) is 0 Å². The van der Waals surface area contributed by atoms with Gasteiger partial charge in [0, 0.05) is 31.0 Å². The normalized spacial score (nSPS) is 19.4. The van der Waals surface area contributed by atoms with Crippen molar-refractivity contribution in [3.8, 4) is 0 Å². The predicted molar refractivity (Wildman–Crippen MR) is 82.4 cm³/mol. The van der Waals surface area contributed by atoms with Crippen LogP contribution in [0.15, 0.2) is 6.07 Å². The zero-order chi connectivity index (χ0) is 13.8. The molecule has 2 heteroatoms. The SMILES string of the molecule is Cc1cc(CN[C@@H](C)C2CCCCCC2)c(C)n1C. The van der Waals surface area contributed by atoms with Crippen LogP contribution in [0.1, 0.15) is 62.4 Å². The molecule has 1 aromatic heterocycles. The van der Waals surface area contributed by atoms with Crippen LogP contribution in [0.5, 0.6) is 0 Å². The van der Waals surface area contributed by atoms with Crippen LogP contribution in [0.2, 0.25) is 0 Å². The number of hydrogen-bond acceptors (Lipinski definition) is 1. The summed E-state index contributed by atoms with van der Waals surface area (Å²) < 4.78 is 2.29. The second-order valence-electron chi connectivity index (χ2n) is 6.38. The summed E-state index contributed by atoms with van der Waals surface area (Å²) in [6.07, 6.45) is 8.59. The molecule has 0 saturated heterocycles. The van der Waals surface area contributed by atoms with Crippen molar-refractivity contribution in [2.24, 2.45) is 13.0 Å². The predicted octanol–water partition coefficient (Wildman–Crippen LogP) is 4.09. The van der Waals surface area contributed by atoms with Crippen molar-refractivity contribution >= 4 is 0 Å². The van der Waals surface area contributed by atoms with Gasteiger partial charge in [0.05, 0.1) is 0 Å². The number of rotatable bonds is 4. The first-order chi connectivity index (χ1) is 9.09. The minimum atomic E-state index is 0.651. The van der Waals surface area contributed by atoms with Crippen molar-refractivity contribution in [2.45, 2.75) is 71.9 Å². The minimum absolute atomic E-state index is 0.651. The molecule has 0 radical (unpaired) electrons. The fourth-order valence-electron chi connectivity index (χ4n) is 3.36. The molecule has 0 unspecified atom stereocenters. The number of nitrogens with zero attached hydrogens (tertiary/aromatic N) is 1. The van der Waals surface area contributed by atoms with Gasteiger partial charge in [0.15, 0.2) is 0 Å². The van der Waals surface area contributed by atoms with Gasteiger partial charge >= 0.3 is 0 Å². The van der Waals surface area contributed by atoms with Gasteiger partial charge in [0.2, 0.25) is 0 Å². The Balaban J connectivity index is 1.88. The maximum absolute atomic E-state index is 3.76. The molecule has 0 aliphatic heterocycles. The summed E-state index contributed by atoms with van der Waals surface area (Å²) in [5.41, 5.74) is 4.22. The second kappa shape index (κ2) is 6.60. The molecule has 108 valence electrons. The average molecular weight is 262 g/mol. The number of hydrogen-bond donors (Lipinski definition) is 1. The summed E-state index contributed by atoms with van der Waals surface area (Å²) in [6, 6.07) is 2.97. The van der Waals surface area contributed by atoms with Crippen molar-refractivity contribution < 1.29 is 0 Å². The van der Waals surface area contributed by atoms with Crippen LogP contribution in [-0.2, 0) is 13.6 Å². The fraction of sp³-hybridized carbons (Fsp3) is 0.765. The quantitative estimate of drug-likeness (QED) is 0.809.